The molecule has 2 aliphatic heterocycles. The van der Waals surface area contributed by atoms with Gasteiger partial charge in [-0.2, -0.15) is 0 Å². The molecule has 1 fully saturated rings. The zero-order valence-electron chi connectivity index (χ0n) is 21.8. The second-order valence-corrected chi connectivity index (χ2v) is 10.1. The third kappa shape index (κ3) is 4.46. The van der Waals surface area contributed by atoms with Crippen molar-refractivity contribution in [3.8, 4) is 11.5 Å². The van der Waals surface area contributed by atoms with Crippen LogP contribution in [0.25, 0.3) is 11.5 Å². The summed E-state index contributed by atoms with van der Waals surface area (Å²) in [6.07, 6.45) is 3.91. The van der Waals surface area contributed by atoms with Crippen LogP contribution in [0.3, 0.4) is 0 Å². The van der Waals surface area contributed by atoms with Gasteiger partial charge >= 0.3 is 0 Å². The molecule has 1 N–H and O–H groups in total. The van der Waals surface area contributed by atoms with Crippen LogP contribution >= 0.6 is 0 Å². The van der Waals surface area contributed by atoms with Crippen molar-refractivity contribution in [2.45, 2.75) is 51.9 Å². The SMILES string of the molecule is CNCc1nc(N(C)C(C)C)cc2c1CN(c1cccc(-c3nncn3C3CCN(C)CC3)n1)C2=O. The van der Waals surface area contributed by atoms with E-state index in [0.29, 0.717) is 30.5 Å². The molecule has 0 atom stereocenters. The van der Waals surface area contributed by atoms with E-state index in [0.717, 1.165) is 54.5 Å². The zero-order chi connectivity index (χ0) is 25.4. The molecule has 3 aromatic heterocycles. The average Bonchev–Trinajstić information content (AvgIpc) is 3.50. The van der Waals surface area contributed by atoms with E-state index < -0.39 is 0 Å². The van der Waals surface area contributed by atoms with Crippen molar-refractivity contribution in [1.82, 2.24) is 34.9 Å². The Morgan fingerprint density at radius 2 is 1.97 bits per heavy atom. The molecule has 0 unspecified atom stereocenters. The first-order valence-corrected chi connectivity index (χ1v) is 12.6. The molecule has 2 aliphatic rings. The standard InChI is InChI=1S/C26H35N9O/c1-17(2)33(5)24-13-19-20(22(30-24)14-27-3)15-34(26(19)36)23-8-6-7-21(29-23)25-31-28-16-35(25)18-9-11-32(4)12-10-18/h6-8,13,16-18,27H,9-12,14-15H2,1-5H3. The number of nitrogens with one attached hydrogen (secondary N) is 1. The summed E-state index contributed by atoms with van der Waals surface area (Å²) < 4.78 is 2.14. The fourth-order valence-electron chi connectivity index (χ4n) is 4.96. The lowest BCUT2D eigenvalue weighted by atomic mass is 10.1. The third-order valence-corrected chi connectivity index (χ3v) is 7.36. The van der Waals surface area contributed by atoms with Gasteiger partial charge in [-0.25, -0.2) is 9.97 Å². The van der Waals surface area contributed by atoms with Crippen molar-refractivity contribution in [3.05, 3.63) is 47.4 Å². The Morgan fingerprint density at radius 1 is 1.19 bits per heavy atom. The molecule has 190 valence electrons. The van der Waals surface area contributed by atoms with Crippen molar-refractivity contribution in [2.24, 2.45) is 0 Å². The van der Waals surface area contributed by atoms with Gasteiger partial charge in [0.25, 0.3) is 5.91 Å². The van der Waals surface area contributed by atoms with Crippen LogP contribution in [-0.4, -0.2) is 75.8 Å². The Kier molecular flexibility index (Phi) is 6.72. The molecule has 1 amide bonds. The fraction of sp³-hybridized carbons (Fsp3) is 0.500. The van der Waals surface area contributed by atoms with E-state index in [1.165, 1.54) is 0 Å². The summed E-state index contributed by atoms with van der Waals surface area (Å²) in [5.74, 6) is 2.11. The summed E-state index contributed by atoms with van der Waals surface area (Å²) in [6.45, 7) is 7.36. The number of hydrogen-bond acceptors (Lipinski definition) is 8. The number of aromatic nitrogens is 5. The lowest BCUT2D eigenvalue weighted by Gasteiger charge is -2.30. The van der Waals surface area contributed by atoms with Crippen LogP contribution < -0.4 is 15.1 Å². The maximum atomic E-state index is 13.6. The molecular weight excluding hydrogens is 454 g/mol. The minimum atomic E-state index is -0.0513. The van der Waals surface area contributed by atoms with Crippen molar-refractivity contribution >= 4 is 17.5 Å². The summed E-state index contributed by atoms with van der Waals surface area (Å²) in [4.78, 5) is 29.6. The number of carbonyl (C=O) groups excluding carboxylic acids is 1. The maximum absolute atomic E-state index is 13.6. The Morgan fingerprint density at radius 3 is 2.69 bits per heavy atom. The highest BCUT2D eigenvalue weighted by atomic mass is 16.2. The molecule has 0 bridgehead atoms. The Bertz CT molecular complexity index is 1250. The second-order valence-electron chi connectivity index (χ2n) is 10.1. The van der Waals surface area contributed by atoms with Crippen LogP contribution in [0.2, 0.25) is 0 Å². The van der Waals surface area contributed by atoms with Gasteiger partial charge in [-0.3, -0.25) is 9.69 Å². The van der Waals surface area contributed by atoms with Crippen LogP contribution in [0.5, 0.6) is 0 Å². The normalized spacial score (nSPS) is 16.7. The lowest BCUT2D eigenvalue weighted by molar-refractivity contribution is 0.0996. The molecule has 0 aromatic carbocycles. The number of nitrogens with zero attached hydrogens (tertiary/aromatic N) is 8. The first-order valence-electron chi connectivity index (χ1n) is 12.6. The number of anilines is 2. The molecule has 0 saturated carbocycles. The van der Waals surface area contributed by atoms with Gasteiger partial charge in [0.1, 0.15) is 23.7 Å². The highest BCUT2D eigenvalue weighted by molar-refractivity contribution is 6.10. The predicted molar refractivity (Wildman–Crippen MR) is 140 cm³/mol. The molecule has 5 rings (SSSR count). The summed E-state index contributed by atoms with van der Waals surface area (Å²) in [7, 11) is 6.05. The van der Waals surface area contributed by atoms with E-state index in [9.17, 15) is 4.79 Å². The molecule has 36 heavy (non-hydrogen) atoms. The van der Waals surface area contributed by atoms with Crippen molar-refractivity contribution < 1.29 is 4.79 Å². The third-order valence-electron chi connectivity index (χ3n) is 7.36. The first kappa shape index (κ1) is 24.3. The van der Waals surface area contributed by atoms with E-state index in [1.54, 1.807) is 11.2 Å². The van der Waals surface area contributed by atoms with E-state index in [1.807, 2.05) is 38.4 Å². The van der Waals surface area contributed by atoms with Crippen LogP contribution in [0.4, 0.5) is 11.6 Å². The molecular formula is C26H35N9O. The summed E-state index contributed by atoms with van der Waals surface area (Å²) in [6, 6.07) is 8.29. The van der Waals surface area contributed by atoms with Gasteiger partial charge in [0.05, 0.1) is 17.8 Å². The van der Waals surface area contributed by atoms with Gasteiger partial charge in [-0.1, -0.05) is 6.07 Å². The molecule has 0 aliphatic carbocycles. The number of likely N-dealkylation sites (tertiary alicyclic amines) is 1. The molecule has 5 heterocycles. The molecule has 10 nitrogen and oxygen atoms in total. The van der Waals surface area contributed by atoms with Gasteiger partial charge in [0.15, 0.2) is 5.82 Å². The largest absolute Gasteiger partial charge is 0.357 e. The maximum Gasteiger partial charge on any atom is 0.260 e. The fourth-order valence-corrected chi connectivity index (χ4v) is 4.96. The van der Waals surface area contributed by atoms with Gasteiger partial charge in [-0.05, 0) is 72.1 Å². The topological polar surface area (TPSA) is 95.3 Å². The van der Waals surface area contributed by atoms with Crippen LogP contribution in [0.15, 0.2) is 30.6 Å². The molecule has 3 aromatic rings. The van der Waals surface area contributed by atoms with Crippen LogP contribution in [0, 0.1) is 0 Å². The van der Waals surface area contributed by atoms with E-state index in [2.05, 4.69) is 50.8 Å². The number of pyridine rings is 2. The molecule has 0 spiro atoms. The second kappa shape index (κ2) is 9.94. The number of amides is 1. The summed E-state index contributed by atoms with van der Waals surface area (Å²) >= 11 is 0. The van der Waals surface area contributed by atoms with Crippen molar-refractivity contribution in [1.29, 1.82) is 0 Å². The number of carbonyl (C=O) groups is 1. The number of piperidine rings is 1. The van der Waals surface area contributed by atoms with Gasteiger partial charge in [-0.15, -0.1) is 10.2 Å². The highest BCUT2D eigenvalue weighted by Gasteiger charge is 2.33. The quantitative estimate of drug-likeness (QED) is 0.541. The smallest absolute Gasteiger partial charge is 0.260 e. The van der Waals surface area contributed by atoms with Crippen LogP contribution in [0.1, 0.15) is 54.3 Å². The Labute approximate surface area is 212 Å². The number of fused-ring (bicyclic) bond motifs is 1. The molecule has 0 radical (unpaired) electrons. The zero-order valence-corrected chi connectivity index (χ0v) is 21.8. The minimum Gasteiger partial charge on any atom is -0.357 e. The van der Waals surface area contributed by atoms with Gasteiger partial charge in [0, 0.05) is 31.2 Å². The number of rotatable bonds is 7. The van der Waals surface area contributed by atoms with E-state index in [4.69, 9.17) is 9.97 Å². The number of hydrogen-bond donors (Lipinski definition) is 1. The summed E-state index contributed by atoms with van der Waals surface area (Å²) in [5.41, 5.74) is 3.27. The summed E-state index contributed by atoms with van der Waals surface area (Å²) in [5, 5.41) is 11.8. The van der Waals surface area contributed by atoms with E-state index >= 15 is 0 Å². The van der Waals surface area contributed by atoms with Crippen LogP contribution in [-0.2, 0) is 13.1 Å². The van der Waals surface area contributed by atoms with Crippen molar-refractivity contribution in [2.75, 3.05) is 44.0 Å². The molecule has 1 saturated heterocycles. The Hall–Kier alpha value is -3.37. The highest BCUT2D eigenvalue weighted by Crippen LogP contribution is 2.33. The average molecular weight is 490 g/mol. The lowest BCUT2D eigenvalue weighted by Crippen LogP contribution is -2.31. The molecule has 10 heteroatoms. The van der Waals surface area contributed by atoms with Gasteiger partial charge < -0.3 is 19.7 Å². The predicted octanol–water partition coefficient (Wildman–Crippen LogP) is 2.73. The Balaban J connectivity index is 1.46. The van der Waals surface area contributed by atoms with E-state index in [-0.39, 0.29) is 11.9 Å². The van der Waals surface area contributed by atoms with Gasteiger partial charge in [0.2, 0.25) is 0 Å². The minimum absolute atomic E-state index is 0.0513. The monoisotopic (exact) mass is 489 g/mol. The first-order chi connectivity index (χ1) is 17.4. The van der Waals surface area contributed by atoms with Crippen molar-refractivity contribution in [3.63, 3.8) is 0 Å².